The molecule has 0 saturated carbocycles. The van der Waals surface area contributed by atoms with Crippen molar-refractivity contribution in [3.63, 3.8) is 0 Å². The Kier molecular flexibility index (Phi) is 14.5. The van der Waals surface area contributed by atoms with Gasteiger partial charge in [-0.1, -0.05) is 46.7 Å². The van der Waals surface area contributed by atoms with Gasteiger partial charge in [-0.2, -0.15) is 52.6 Å². The maximum atomic E-state index is 12.6. The molecule has 5 aromatic carbocycles. The van der Waals surface area contributed by atoms with Gasteiger partial charge in [0, 0.05) is 33.3 Å². The van der Waals surface area contributed by atoms with Gasteiger partial charge < -0.3 is 15.7 Å². The second kappa shape index (κ2) is 19.7. The van der Waals surface area contributed by atoms with Gasteiger partial charge in [-0.25, -0.2) is 4.98 Å². The van der Waals surface area contributed by atoms with E-state index in [9.17, 15) is 80.5 Å². The zero-order chi connectivity index (χ0) is 53.7. The lowest BCUT2D eigenvalue weighted by atomic mass is 10.0. The standard InChI is InChI=1S/C40H25Cl2N9O16S6/c1-18-27(16-43)37(45-20-4-8-29(41)33(11-20)72(62,63)64)47-38(46-21-5-9-30(42)34(12-21)73(65,66)67)36(18)49-50-39-28(17-44)35(19-2-6-23(52)7-3-19)40(68-39)51-48-22-10-25-26(31(13-22)70(56,57)58)14-24(69(53,54)55)15-32(25)71(59,60)61/h2-15,52H,1H3,(H2,45,46,47)(H,53,54,55)(H,56,57,58)(H,59,60,61)(H,62,63,64)(H,65,66,67). The second-order valence-corrected chi connectivity index (χ2v) is 23.4. The number of anilines is 4. The lowest BCUT2D eigenvalue weighted by Crippen LogP contribution is -2.07. The fourth-order valence-electron chi connectivity index (χ4n) is 6.70. The smallest absolute Gasteiger partial charge is 0.296 e. The lowest BCUT2D eigenvalue weighted by molar-refractivity contribution is 0.475. The fraction of sp³-hybridized carbons (Fsp3) is 0.0250. The first-order chi connectivity index (χ1) is 33.9. The van der Waals surface area contributed by atoms with Crippen LogP contribution in [0.25, 0.3) is 21.9 Å². The Bertz CT molecular complexity index is 4260. The molecule has 7 rings (SSSR count). The summed E-state index contributed by atoms with van der Waals surface area (Å²) in [6.07, 6.45) is 0. The molecule has 0 spiro atoms. The van der Waals surface area contributed by atoms with E-state index in [0.717, 1.165) is 30.3 Å². The van der Waals surface area contributed by atoms with Crippen LogP contribution in [0, 0.1) is 29.6 Å². The number of azo groups is 2. The van der Waals surface area contributed by atoms with Gasteiger partial charge in [-0.3, -0.25) is 22.8 Å². The van der Waals surface area contributed by atoms with Gasteiger partial charge in [0.2, 0.25) is 0 Å². The molecule has 0 aliphatic carbocycles. The molecule has 25 nitrogen and oxygen atoms in total. The number of pyridine rings is 1. The van der Waals surface area contributed by atoms with Crippen molar-refractivity contribution in [2.24, 2.45) is 20.5 Å². The number of halogens is 2. The largest absolute Gasteiger partial charge is 0.508 e. The van der Waals surface area contributed by atoms with Crippen molar-refractivity contribution >= 4 is 140 Å². The first kappa shape index (κ1) is 53.7. The molecule has 0 saturated heterocycles. The predicted molar refractivity (Wildman–Crippen MR) is 261 cm³/mol. The number of nitrogens with one attached hydrogen (secondary N) is 2. The van der Waals surface area contributed by atoms with Gasteiger partial charge in [-0.15, -0.1) is 20.5 Å². The molecule has 73 heavy (non-hydrogen) atoms. The van der Waals surface area contributed by atoms with Crippen molar-refractivity contribution in [1.29, 1.82) is 10.5 Å². The van der Waals surface area contributed by atoms with Crippen LogP contribution >= 0.6 is 34.5 Å². The number of hydrogen-bond acceptors (Lipinski definition) is 21. The van der Waals surface area contributed by atoms with Gasteiger partial charge in [0.25, 0.3) is 50.6 Å². The minimum Gasteiger partial charge on any atom is -0.508 e. The lowest BCUT2D eigenvalue weighted by Gasteiger charge is -2.16. The highest BCUT2D eigenvalue weighted by molar-refractivity contribution is 7.87. The van der Waals surface area contributed by atoms with E-state index in [0.29, 0.717) is 29.5 Å². The zero-order valence-corrected chi connectivity index (χ0v) is 42.1. The van der Waals surface area contributed by atoms with Crippen molar-refractivity contribution in [2.75, 3.05) is 10.6 Å². The summed E-state index contributed by atoms with van der Waals surface area (Å²) >= 11 is 12.6. The third kappa shape index (κ3) is 11.6. The Balaban J connectivity index is 1.44. The first-order valence-corrected chi connectivity index (χ1v) is 27.9. The molecule has 0 radical (unpaired) electrons. The average Bonchev–Trinajstić information content (AvgIpc) is 3.64. The number of nitriles is 2. The molecule has 2 heterocycles. The second-order valence-electron chi connectivity index (χ2n) is 14.7. The molecule has 0 aliphatic rings. The first-order valence-electron chi connectivity index (χ1n) is 19.2. The van der Waals surface area contributed by atoms with E-state index in [1.165, 1.54) is 43.3 Å². The summed E-state index contributed by atoms with van der Waals surface area (Å²) < 4.78 is 172. The van der Waals surface area contributed by atoms with E-state index in [4.69, 9.17) is 23.2 Å². The number of rotatable bonds is 14. The maximum absolute atomic E-state index is 12.6. The van der Waals surface area contributed by atoms with E-state index in [1.54, 1.807) is 0 Å². The van der Waals surface area contributed by atoms with Crippen LogP contribution in [0.3, 0.4) is 0 Å². The molecule has 0 atom stereocenters. The fourth-order valence-corrected chi connectivity index (χ4v) is 11.7. The molecule has 2 aromatic heterocycles. The van der Waals surface area contributed by atoms with Crippen LogP contribution in [0.4, 0.5) is 44.4 Å². The molecule has 0 fully saturated rings. The van der Waals surface area contributed by atoms with Gasteiger partial charge >= 0.3 is 0 Å². The number of fused-ring (bicyclic) bond motifs is 1. The van der Waals surface area contributed by atoms with Gasteiger partial charge in [-0.05, 0) is 85.3 Å². The number of benzene rings is 5. The van der Waals surface area contributed by atoms with Crippen LogP contribution in [-0.2, 0) is 50.6 Å². The summed E-state index contributed by atoms with van der Waals surface area (Å²) in [6.45, 7) is 1.37. The van der Waals surface area contributed by atoms with Crippen molar-refractivity contribution < 1.29 is 70.0 Å². The number of aromatic hydroxyl groups is 1. The quantitative estimate of drug-likeness (QED) is 0.0371. The Morgan fingerprint density at radius 2 is 1.05 bits per heavy atom. The monoisotopic (exact) mass is 1150 g/mol. The summed E-state index contributed by atoms with van der Waals surface area (Å²) in [5, 5.41) is 50.6. The van der Waals surface area contributed by atoms with E-state index in [2.05, 4.69) is 36.1 Å². The summed E-state index contributed by atoms with van der Waals surface area (Å²) in [5.41, 5.74) is -1.41. The van der Waals surface area contributed by atoms with Crippen LogP contribution in [0.2, 0.25) is 10.0 Å². The summed E-state index contributed by atoms with van der Waals surface area (Å²) in [6, 6.07) is 18.0. The number of nitrogens with zero attached hydrogens (tertiary/aromatic N) is 7. The van der Waals surface area contributed by atoms with E-state index in [-0.39, 0.29) is 82.3 Å². The van der Waals surface area contributed by atoms with Gasteiger partial charge in [0.15, 0.2) is 16.6 Å². The highest BCUT2D eigenvalue weighted by Gasteiger charge is 2.28. The minimum atomic E-state index is -5.41. The molecule has 0 unspecified atom stereocenters. The van der Waals surface area contributed by atoms with Crippen molar-refractivity contribution in [2.45, 2.75) is 31.4 Å². The Hall–Kier alpha value is -7.08. The Labute approximate surface area is 426 Å². The van der Waals surface area contributed by atoms with Crippen LogP contribution in [-0.4, -0.2) is 74.9 Å². The van der Waals surface area contributed by atoms with Crippen LogP contribution in [0.15, 0.2) is 130 Å². The SMILES string of the molecule is Cc1c(C#N)c(Nc2ccc(Cl)c(S(=O)(=O)O)c2)nc(Nc2ccc(Cl)c(S(=O)(=O)O)c2)c1N=Nc1sc(N=Nc2cc(S(=O)(=O)O)c3cc(S(=O)(=O)O)cc(S(=O)(=O)O)c3c2)c(-c2ccc(O)cc2)c1C#N. The maximum Gasteiger partial charge on any atom is 0.296 e. The van der Waals surface area contributed by atoms with Crippen LogP contribution in [0.1, 0.15) is 16.7 Å². The minimum absolute atomic E-state index is 0.0215. The van der Waals surface area contributed by atoms with Crippen molar-refractivity contribution in [3.05, 3.63) is 112 Å². The van der Waals surface area contributed by atoms with Gasteiger partial charge in [0.05, 0.1) is 26.2 Å². The molecule has 0 aliphatic heterocycles. The highest BCUT2D eigenvalue weighted by Crippen LogP contribution is 2.49. The van der Waals surface area contributed by atoms with Crippen LogP contribution in [0.5, 0.6) is 5.75 Å². The van der Waals surface area contributed by atoms with Gasteiger partial charge in [0.1, 0.15) is 53.7 Å². The zero-order valence-electron chi connectivity index (χ0n) is 35.7. The van der Waals surface area contributed by atoms with E-state index < -0.39 is 91.5 Å². The van der Waals surface area contributed by atoms with Crippen molar-refractivity contribution in [1.82, 2.24) is 4.98 Å². The van der Waals surface area contributed by atoms with Crippen LogP contribution < -0.4 is 10.6 Å². The number of aromatic nitrogens is 1. The van der Waals surface area contributed by atoms with Crippen molar-refractivity contribution in [3.8, 4) is 29.0 Å². The molecule has 376 valence electrons. The third-order valence-electron chi connectivity index (χ3n) is 9.91. The number of phenols is 1. The number of phenolic OH excluding ortho intramolecular Hbond substituents is 1. The van der Waals surface area contributed by atoms with E-state index >= 15 is 0 Å². The summed E-state index contributed by atoms with van der Waals surface area (Å²) in [5.74, 6) is -0.813. The normalized spacial score (nSPS) is 12.6. The molecular formula is C40H25Cl2N9O16S6. The molecule has 33 heteroatoms. The summed E-state index contributed by atoms with van der Waals surface area (Å²) in [4.78, 5) is -0.573. The highest BCUT2D eigenvalue weighted by atomic mass is 35.5. The number of hydrogen-bond donors (Lipinski definition) is 8. The molecule has 0 amide bonds. The Morgan fingerprint density at radius 1 is 0.562 bits per heavy atom. The Morgan fingerprint density at radius 3 is 1.56 bits per heavy atom. The average molecular weight is 1150 g/mol. The molecule has 0 bridgehead atoms. The topological polar surface area (TPSA) is 426 Å². The summed E-state index contributed by atoms with van der Waals surface area (Å²) in [7, 11) is -25.8. The third-order valence-corrected chi connectivity index (χ3v) is 16.2. The predicted octanol–water partition coefficient (Wildman–Crippen LogP) is 9.58. The molecular weight excluding hydrogens is 1130 g/mol. The molecule has 8 N–H and O–H groups in total. The number of thiophene rings is 1. The van der Waals surface area contributed by atoms with E-state index in [1.807, 2.05) is 12.1 Å². The molecule has 7 aromatic rings.